The minimum atomic E-state index is -0.791. The standard InChI is InChI=1S/C20H20N2O4/c1-22-9-8-13-10-14(6-7-15(13)22)16(23)11-21-20(24)19-12-25-17-4-2-3-5-18(17)26-19/h2-10,16,19,23H,11-12H2,1H3,(H,21,24)/t16-,19-/m0/s1. The summed E-state index contributed by atoms with van der Waals surface area (Å²) in [6, 6.07) is 15.0. The average Bonchev–Trinajstić information content (AvgIpc) is 3.05. The van der Waals surface area contributed by atoms with E-state index in [-0.39, 0.29) is 19.1 Å². The summed E-state index contributed by atoms with van der Waals surface area (Å²) in [5, 5.41) is 14.2. The number of amides is 1. The highest BCUT2D eigenvalue weighted by atomic mass is 16.6. The molecular formula is C20H20N2O4. The van der Waals surface area contributed by atoms with Gasteiger partial charge in [-0.05, 0) is 41.3 Å². The molecule has 26 heavy (non-hydrogen) atoms. The Labute approximate surface area is 151 Å². The molecule has 0 saturated heterocycles. The van der Waals surface area contributed by atoms with Crippen LogP contribution in [-0.2, 0) is 11.8 Å². The molecule has 2 N–H and O–H groups in total. The molecule has 0 saturated carbocycles. The van der Waals surface area contributed by atoms with Gasteiger partial charge >= 0.3 is 0 Å². The Balaban J connectivity index is 1.37. The van der Waals surface area contributed by atoms with E-state index in [0.29, 0.717) is 11.5 Å². The van der Waals surface area contributed by atoms with Crippen LogP contribution in [0.25, 0.3) is 10.9 Å². The van der Waals surface area contributed by atoms with Gasteiger partial charge in [0.05, 0.1) is 6.10 Å². The number of ether oxygens (including phenoxy) is 2. The van der Waals surface area contributed by atoms with Crippen LogP contribution in [-0.4, -0.2) is 34.8 Å². The van der Waals surface area contributed by atoms with Gasteiger partial charge in [0, 0.05) is 25.3 Å². The molecule has 4 rings (SSSR count). The molecule has 1 aromatic heterocycles. The van der Waals surface area contributed by atoms with Crippen molar-refractivity contribution in [3.8, 4) is 11.5 Å². The number of aliphatic hydroxyl groups is 1. The van der Waals surface area contributed by atoms with E-state index in [4.69, 9.17) is 9.47 Å². The Hall–Kier alpha value is -2.99. The second-order valence-electron chi connectivity index (χ2n) is 6.37. The summed E-state index contributed by atoms with van der Waals surface area (Å²) < 4.78 is 13.2. The van der Waals surface area contributed by atoms with Gasteiger partial charge in [-0.15, -0.1) is 0 Å². The van der Waals surface area contributed by atoms with E-state index in [1.165, 1.54) is 0 Å². The van der Waals surface area contributed by atoms with Crippen LogP contribution in [0, 0.1) is 0 Å². The maximum Gasteiger partial charge on any atom is 0.264 e. The smallest absolute Gasteiger partial charge is 0.264 e. The largest absolute Gasteiger partial charge is 0.485 e. The van der Waals surface area contributed by atoms with Crippen molar-refractivity contribution in [3.05, 3.63) is 60.3 Å². The zero-order valence-electron chi connectivity index (χ0n) is 14.4. The van der Waals surface area contributed by atoms with E-state index in [2.05, 4.69) is 5.32 Å². The van der Waals surface area contributed by atoms with Gasteiger partial charge in [0.2, 0.25) is 6.10 Å². The van der Waals surface area contributed by atoms with Gasteiger partial charge in [-0.2, -0.15) is 0 Å². The molecule has 1 aliphatic rings. The number of nitrogens with zero attached hydrogens (tertiary/aromatic N) is 1. The van der Waals surface area contributed by atoms with E-state index in [1.54, 1.807) is 12.1 Å². The highest BCUT2D eigenvalue weighted by Crippen LogP contribution is 2.30. The van der Waals surface area contributed by atoms with Crippen LogP contribution in [0.2, 0.25) is 0 Å². The van der Waals surface area contributed by atoms with Crippen molar-refractivity contribution in [2.75, 3.05) is 13.2 Å². The van der Waals surface area contributed by atoms with Crippen LogP contribution in [0.4, 0.5) is 0 Å². The van der Waals surface area contributed by atoms with Gasteiger partial charge in [-0.3, -0.25) is 4.79 Å². The number of rotatable bonds is 4. The molecule has 1 amide bonds. The monoisotopic (exact) mass is 352 g/mol. The third-order valence-electron chi connectivity index (χ3n) is 4.56. The zero-order valence-corrected chi connectivity index (χ0v) is 14.4. The third kappa shape index (κ3) is 3.11. The van der Waals surface area contributed by atoms with Crippen molar-refractivity contribution in [2.45, 2.75) is 12.2 Å². The van der Waals surface area contributed by atoms with Crippen LogP contribution in [0.5, 0.6) is 11.5 Å². The van der Waals surface area contributed by atoms with Crippen LogP contribution in [0.3, 0.4) is 0 Å². The number of para-hydroxylation sites is 2. The van der Waals surface area contributed by atoms with Crippen molar-refractivity contribution < 1.29 is 19.4 Å². The fraction of sp³-hybridized carbons (Fsp3) is 0.250. The first-order valence-corrected chi connectivity index (χ1v) is 8.51. The maximum atomic E-state index is 12.3. The van der Waals surface area contributed by atoms with E-state index in [1.807, 2.05) is 54.2 Å². The molecule has 6 nitrogen and oxygen atoms in total. The number of carbonyl (C=O) groups is 1. The molecule has 0 bridgehead atoms. The number of benzene rings is 2. The summed E-state index contributed by atoms with van der Waals surface area (Å²) in [6.07, 6.45) is 0.454. The van der Waals surface area contributed by atoms with E-state index in [0.717, 1.165) is 16.5 Å². The first-order valence-electron chi connectivity index (χ1n) is 8.51. The molecule has 2 aromatic carbocycles. The molecule has 134 valence electrons. The van der Waals surface area contributed by atoms with Crippen molar-refractivity contribution in [3.63, 3.8) is 0 Å². The summed E-state index contributed by atoms with van der Waals surface area (Å²) in [7, 11) is 1.98. The lowest BCUT2D eigenvalue weighted by molar-refractivity contribution is -0.130. The lowest BCUT2D eigenvalue weighted by atomic mass is 10.1. The second-order valence-corrected chi connectivity index (χ2v) is 6.37. The maximum absolute atomic E-state index is 12.3. The molecule has 1 aliphatic heterocycles. The lowest BCUT2D eigenvalue weighted by Crippen LogP contribution is -2.45. The summed E-state index contributed by atoms with van der Waals surface area (Å²) in [5.41, 5.74) is 1.85. The number of hydrogen-bond donors (Lipinski definition) is 2. The summed E-state index contributed by atoms with van der Waals surface area (Å²) in [4.78, 5) is 12.3. The topological polar surface area (TPSA) is 72.7 Å². The van der Waals surface area contributed by atoms with Crippen molar-refractivity contribution in [1.82, 2.24) is 9.88 Å². The molecule has 0 fully saturated rings. The fourth-order valence-corrected chi connectivity index (χ4v) is 3.09. The molecule has 2 heterocycles. The van der Waals surface area contributed by atoms with Gasteiger partial charge in [-0.1, -0.05) is 18.2 Å². The van der Waals surface area contributed by atoms with Gasteiger partial charge in [-0.25, -0.2) is 0 Å². The number of fused-ring (bicyclic) bond motifs is 2. The van der Waals surface area contributed by atoms with E-state index in [9.17, 15) is 9.90 Å². The summed E-state index contributed by atoms with van der Waals surface area (Å²) >= 11 is 0. The minimum Gasteiger partial charge on any atom is -0.485 e. The van der Waals surface area contributed by atoms with Crippen LogP contribution in [0.1, 0.15) is 11.7 Å². The molecule has 2 atom stereocenters. The van der Waals surface area contributed by atoms with Crippen LogP contribution < -0.4 is 14.8 Å². The Morgan fingerprint density at radius 2 is 2.08 bits per heavy atom. The molecular weight excluding hydrogens is 332 g/mol. The molecule has 3 aromatic rings. The number of carbonyl (C=O) groups excluding carboxylic acids is 1. The minimum absolute atomic E-state index is 0.110. The summed E-state index contributed by atoms with van der Waals surface area (Å²) in [5.74, 6) is 0.876. The number of aliphatic hydroxyl groups excluding tert-OH is 1. The predicted octanol–water partition coefficient (Wildman–Crippen LogP) is 2.17. The van der Waals surface area contributed by atoms with E-state index < -0.39 is 12.2 Å². The highest BCUT2D eigenvalue weighted by molar-refractivity contribution is 5.82. The Kier molecular flexibility index (Phi) is 4.26. The van der Waals surface area contributed by atoms with Crippen LogP contribution >= 0.6 is 0 Å². The van der Waals surface area contributed by atoms with Crippen molar-refractivity contribution in [2.24, 2.45) is 7.05 Å². The predicted molar refractivity (Wildman–Crippen MR) is 97.2 cm³/mol. The van der Waals surface area contributed by atoms with Crippen molar-refractivity contribution in [1.29, 1.82) is 0 Å². The number of hydrogen-bond acceptors (Lipinski definition) is 4. The average molecular weight is 352 g/mol. The van der Waals surface area contributed by atoms with Crippen LogP contribution in [0.15, 0.2) is 54.7 Å². The van der Waals surface area contributed by atoms with Gasteiger partial charge < -0.3 is 24.5 Å². The molecule has 6 heteroatoms. The third-order valence-corrected chi connectivity index (χ3v) is 4.56. The normalized spacial score (nSPS) is 17.1. The Bertz CT molecular complexity index is 950. The molecule has 0 spiro atoms. The van der Waals surface area contributed by atoms with Gasteiger partial charge in [0.25, 0.3) is 5.91 Å². The number of aromatic nitrogens is 1. The Morgan fingerprint density at radius 3 is 2.92 bits per heavy atom. The molecule has 0 aliphatic carbocycles. The summed E-state index contributed by atoms with van der Waals surface area (Å²) in [6.45, 7) is 0.258. The quantitative estimate of drug-likeness (QED) is 0.755. The lowest BCUT2D eigenvalue weighted by Gasteiger charge is -2.26. The van der Waals surface area contributed by atoms with Gasteiger partial charge in [0.15, 0.2) is 11.5 Å². The Morgan fingerprint density at radius 1 is 1.27 bits per heavy atom. The van der Waals surface area contributed by atoms with Gasteiger partial charge in [0.1, 0.15) is 6.61 Å². The van der Waals surface area contributed by atoms with Crippen molar-refractivity contribution >= 4 is 16.8 Å². The SMILES string of the molecule is Cn1ccc2cc([C@@H](O)CNC(=O)[C@@H]3COc4ccccc4O3)ccc21. The first-order chi connectivity index (χ1) is 12.6. The van der Waals surface area contributed by atoms with E-state index >= 15 is 0 Å². The fourth-order valence-electron chi connectivity index (χ4n) is 3.09. The molecule has 0 radical (unpaired) electrons. The number of aryl methyl sites for hydroxylation is 1. The zero-order chi connectivity index (χ0) is 18.1. The number of nitrogens with one attached hydrogen (secondary N) is 1. The first kappa shape index (κ1) is 16.5. The highest BCUT2D eigenvalue weighted by Gasteiger charge is 2.27. The molecule has 0 unspecified atom stereocenters. The second kappa shape index (κ2) is 6.72.